The highest BCUT2D eigenvalue weighted by molar-refractivity contribution is 6.27. The Hall–Kier alpha value is -3.33. The molecule has 0 saturated heterocycles. The maximum absolute atomic E-state index is 13.4. The molecule has 2 unspecified atom stereocenters. The molecule has 0 aliphatic heterocycles. The smallest absolute Gasteiger partial charge is 0.190 e. The summed E-state index contributed by atoms with van der Waals surface area (Å²) in [5.74, 6) is -0.427. The van der Waals surface area contributed by atoms with Gasteiger partial charge in [-0.1, -0.05) is 60.7 Å². The van der Waals surface area contributed by atoms with Crippen molar-refractivity contribution in [1.82, 2.24) is 0 Å². The van der Waals surface area contributed by atoms with Gasteiger partial charge in [-0.15, -0.1) is 0 Å². The van der Waals surface area contributed by atoms with Crippen molar-refractivity contribution in [3.05, 3.63) is 94.1 Å². The predicted octanol–water partition coefficient (Wildman–Crippen LogP) is 4.91. The summed E-state index contributed by atoms with van der Waals surface area (Å²) < 4.78 is 0. The molecule has 3 aliphatic rings. The zero-order valence-corrected chi connectivity index (χ0v) is 16.5. The summed E-state index contributed by atoms with van der Waals surface area (Å²) in [5, 5.41) is 2.35. The SMILES string of the molecule is O=C1C2=C(CC3Cc4cc5ccccc5cc4CC(C2)C3=O)C(=O)c2ccccc21. The summed E-state index contributed by atoms with van der Waals surface area (Å²) in [5.41, 5.74) is 4.51. The molecule has 146 valence electrons. The molecule has 0 aromatic heterocycles. The number of carbonyl (C=O) groups is 3. The second-order valence-corrected chi connectivity index (χ2v) is 8.74. The molecule has 2 atom stereocenters. The van der Waals surface area contributed by atoms with Gasteiger partial charge in [0.25, 0.3) is 0 Å². The Morgan fingerprint density at radius 2 is 1.00 bits per heavy atom. The number of benzene rings is 3. The van der Waals surface area contributed by atoms with Gasteiger partial charge in [-0.3, -0.25) is 14.4 Å². The number of hydrogen-bond donors (Lipinski definition) is 0. The van der Waals surface area contributed by atoms with Gasteiger partial charge in [-0.05, 0) is 47.6 Å². The van der Waals surface area contributed by atoms with E-state index in [1.807, 2.05) is 12.1 Å². The highest BCUT2D eigenvalue weighted by atomic mass is 16.1. The Balaban J connectivity index is 1.47. The lowest BCUT2D eigenvalue weighted by molar-refractivity contribution is -0.126. The van der Waals surface area contributed by atoms with Crippen LogP contribution in [0.2, 0.25) is 0 Å². The van der Waals surface area contributed by atoms with Crippen LogP contribution in [0.15, 0.2) is 71.8 Å². The van der Waals surface area contributed by atoms with Crippen LogP contribution in [0.1, 0.15) is 44.7 Å². The maximum atomic E-state index is 13.4. The fraction of sp³-hybridized carbons (Fsp3) is 0.222. The van der Waals surface area contributed by atoms with Crippen molar-refractivity contribution in [2.45, 2.75) is 25.7 Å². The summed E-state index contributed by atoms with van der Waals surface area (Å²) in [7, 11) is 0. The number of rotatable bonds is 0. The number of hydrogen-bond acceptors (Lipinski definition) is 3. The lowest BCUT2D eigenvalue weighted by Gasteiger charge is -2.22. The average Bonchev–Trinajstić information content (AvgIpc) is 2.98. The third-order valence-corrected chi connectivity index (χ3v) is 7.04. The fourth-order valence-electron chi connectivity index (χ4n) is 5.53. The monoisotopic (exact) mass is 392 g/mol. The first-order chi connectivity index (χ1) is 14.6. The van der Waals surface area contributed by atoms with E-state index < -0.39 is 0 Å². The molecule has 3 aromatic carbocycles. The molecule has 3 heteroatoms. The second-order valence-electron chi connectivity index (χ2n) is 8.74. The molecule has 3 aliphatic carbocycles. The summed E-state index contributed by atoms with van der Waals surface area (Å²) >= 11 is 0. The van der Waals surface area contributed by atoms with E-state index in [1.165, 1.54) is 21.9 Å². The van der Waals surface area contributed by atoms with Crippen molar-refractivity contribution in [3.8, 4) is 0 Å². The fourth-order valence-corrected chi connectivity index (χ4v) is 5.53. The van der Waals surface area contributed by atoms with E-state index in [1.54, 1.807) is 24.3 Å². The first-order valence-electron chi connectivity index (χ1n) is 10.5. The van der Waals surface area contributed by atoms with Crippen LogP contribution in [-0.2, 0) is 17.6 Å². The van der Waals surface area contributed by atoms with E-state index >= 15 is 0 Å². The molecule has 0 radical (unpaired) electrons. The molecule has 0 amide bonds. The van der Waals surface area contributed by atoms with E-state index in [4.69, 9.17) is 0 Å². The van der Waals surface area contributed by atoms with Crippen molar-refractivity contribution >= 4 is 28.1 Å². The van der Waals surface area contributed by atoms with Gasteiger partial charge in [0.1, 0.15) is 5.78 Å². The predicted molar refractivity (Wildman–Crippen MR) is 115 cm³/mol. The van der Waals surface area contributed by atoms with E-state index in [0.29, 0.717) is 48.0 Å². The molecule has 0 heterocycles. The van der Waals surface area contributed by atoms with Crippen molar-refractivity contribution in [2.24, 2.45) is 11.8 Å². The van der Waals surface area contributed by atoms with Gasteiger partial charge in [0, 0.05) is 34.1 Å². The van der Waals surface area contributed by atoms with E-state index in [9.17, 15) is 14.4 Å². The van der Waals surface area contributed by atoms with Gasteiger partial charge in [-0.2, -0.15) is 0 Å². The molecule has 0 fully saturated rings. The molecule has 3 aromatic rings. The number of ketones is 3. The zero-order valence-electron chi connectivity index (χ0n) is 16.5. The minimum absolute atomic E-state index is 0.0713. The summed E-state index contributed by atoms with van der Waals surface area (Å²) in [6.07, 6.45) is 2.01. The Kier molecular flexibility index (Phi) is 3.70. The molecule has 0 N–H and O–H groups in total. The normalized spacial score (nSPS) is 22.9. The van der Waals surface area contributed by atoms with Crippen molar-refractivity contribution in [2.75, 3.05) is 0 Å². The van der Waals surface area contributed by atoms with Crippen LogP contribution >= 0.6 is 0 Å². The minimum Gasteiger partial charge on any atom is -0.299 e. The van der Waals surface area contributed by atoms with Gasteiger partial charge < -0.3 is 0 Å². The van der Waals surface area contributed by atoms with Crippen LogP contribution in [0, 0.1) is 11.8 Å². The van der Waals surface area contributed by atoms with Gasteiger partial charge in [0.05, 0.1) is 0 Å². The largest absolute Gasteiger partial charge is 0.299 e. The highest BCUT2D eigenvalue weighted by Gasteiger charge is 2.42. The van der Waals surface area contributed by atoms with Crippen LogP contribution in [0.5, 0.6) is 0 Å². The number of allylic oxidation sites excluding steroid dienone is 2. The van der Waals surface area contributed by atoms with Crippen LogP contribution in [-0.4, -0.2) is 17.3 Å². The zero-order chi connectivity index (χ0) is 20.4. The Labute approximate surface area is 174 Å². The van der Waals surface area contributed by atoms with Crippen LogP contribution in [0.4, 0.5) is 0 Å². The van der Waals surface area contributed by atoms with Crippen LogP contribution in [0.25, 0.3) is 10.8 Å². The number of Topliss-reactive ketones (excluding diaryl/α,β-unsaturated/α-hetero) is 3. The lowest BCUT2D eigenvalue weighted by Crippen LogP contribution is -2.23. The third-order valence-electron chi connectivity index (χ3n) is 7.04. The Morgan fingerprint density at radius 1 is 0.567 bits per heavy atom. The van der Waals surface area contributed by atoms with Crippen molar-refractivity contribution in [1.29, 1.82) is 0 Å². The number of carbonyl (C=O) groups excluding carboxylic acids is 3. The lowest BCUT2D eigenvalue weighted by atomic mass is 9.79. The van der Waals surface area contributed by atoms with Gasteiger partial charge >= 0.3 is 0 Å². The van der Waals surface area contributed by atoms with E-state index in [2.05, 4.69) is 24.3 Å². The molecule has 3 nitrogen and oxygen atoms in total. The molecule has 30 heavy (non-hydrogen) atoms. The average molecular weight is 392 g/mol. The number of fused-ring (bicyclic) bond motifs is 5. The van der Waals surface area contributed by atoms with E-state index in [0.717, 1.165) is 0 Å². The van der Waals surface area contributed by atoms with Gasteiger partial charge in [-0.25, -0.2) is 0 Å². The van der Waals surface area contributed by atoms with Crippen LogP contribution in [0.3, 0.4) is 0 Å². The summed E-state index contributed by atoms with van der Waals surface area (Å²) in [6, 6.07) is 19.7. The molecule has 2 bridgehead atoms. The van der Waals surface area contributed by atoms with E-state index in [-0.39, 0.29) is 29.2 Å². The quantitative estimate of drug-likeness (QED) is 0.546. The molecule has 0 spiro atoms. The molecule has 0 saturated carbocycles. The Morgan fingerprint density at radius 3 is 1.47 bits per heavy atom. The Bertz CT molecular complexity index is 1210. The third kappa shape index (κ3) is 2.48. The first kappa shape index (κ1) is 17.5. The van der Waals surface area contributed by atoms with Gasteiger partial charge in [0.15, 0.2) is 11.6 Å². The second kappa shape index (κ2) is 6.33. The van der Waals surface area contributed by atoms with Crippen LogP contribution < -0.4 is 0 Å². The highest BCUT2D eigenvalue weighted by Crippen LogP contribution is 2.42. The molecular weight excluding hydrogens is 372 g/mol. The maximum Gasteiger partial charge on any atom is 0.190 e. The summed E-state index contributed by atoms with van der Waals surface area (Å²) in [6.45, 7) is 0. The first-order valence-corrected chi connectivity index (χ1v) is 10.5. The molecule has 6 rings (SSSR count). The summed E-state index contributed by atoms with van der Waals surface area (Å²) in [4.78, 5) is 39.8. The van der Waals surface area contributed by atoms with Crippen molar-refractivity contribution < 1.29 is 14.4 Å². The topological polar surface area (TPSA) is 51.2 Å². The molecular formula is C27H20O3. The standard InChI is InChI=1S/C27H20O3/c28-25-19-11-17-9-15-5-1-2-6-16(15)10-18(17)12-20(25)14-24-23(13-19)26(29)21-7-3-4-8-22(21)27(24)30/h1-10,19-20H,11-14H2. The minimum atomic E-state index is -0.244. The van der Waals surface area contributed by atoms with Crippen molar-refractivity contribution in [3.63, 3.8) is 0 Å². The van der Waals surface area contributed by atoms with Gasteiger partial charge in [0.2, 0.25) is 0 Å².